The molecule has 2 N–H and O–H groups in total. The summed E-state index contributed by atoms with van der Waals surface area (Å²) in [5, 5.41) is 15.8. The Morgan fingerprint density at radius 1 is 1.57 bits per heavy atom. The van der Waals surface area contributed by atoms with Crippen LogP contribution in [-0.2, 0) is 11.2 Å². The molecule has 1 aliphatic heterocycles. The average molecular weight is 296 g/mol. The first kappa shape index (κ1) is 15.3. The molecular weight excluding hydrogens is 276 g/mol. The number of nitrogens with zero attached hydrogens (tertiary/aromatic N) is 3. The van der Waals surface area contributed by atoms with E-state index < -0.39 is 11.4 Å². The Morgan fingerprint density at radius 3 is 3.00 bits per heavy atom. The topological polar surface area (TPSA) is 109 Å². The smallest absolute Gasteiger partial charge is 0.317 e. The van der Waals surface area contributed by atoms with E-state index in [-0.39, 0.29) is 12.6 Å². The normalized spacial score (nSPS) is 22.0. The highest BCUT2D eigenvalue weighted by atomic mass is 16.5. The summed E-state index contributed by atoms with van der Waals surface area (Å²) in [4.78, 5) is 29.0. The summed E-state index contributed by atoms with van der Waals surface area (Å²) in [5.41, 5.74) is -0.816. The van der Waals surface area contributed by atoms with Gasteiger partial charge in [-0.3, -0.25) is 4.79 Å². The average Bonchev–Trinajstić information content (AvgIpc) is 3.00. The van der Waals surface area contributed by atoms with Crippen LogP contribution in [0.25, 0.3) is 0 Å². The standard InChI is InChI=1S/C13H20N4O4/c1-2-13(11(18)19)5-3-7-17(8-13)12(20)14-6-4-10-15-9-21-16-10/h9H,2-8H2,1H3,(H,14,20)(H,18,19). The molecule has 2 rings (SSSR count). The number of nitrogens with one attached hydrogen (secondary N) is 1. The summed E-state index contributed by atoms with van der Waals surface area (Å²) in [6.45, 7) is 3.09. The highest BCUT2D eigenvalue weighted by Crippen LogP contribution is 2.33. The number of carboxylic acids is 1. The van der Waals surface area contributed by atoms with E-state index in [4.69, 9.17) is 0 Å². The van der Waals surface area contributed by atoms with Crippen LogP contribution in [0, 0.1) is 5.41 Å². The number of rotatable bonds is 5. The quantitative estimate of drug-likeness (QED) is 0.835. The second-order valence-electron chi connectivity index (χ2n) is 5.29. The Bertz CT molecular complexity index is 490. The minimum Gasteiger partial charge on any atom is -0.481 e. The Morgan fingerprint density at radius 2 is 2.38 bits per heavy atom. The molecule has 0 bridgehead atoms. The number of aliphatic carboxylic acids is 1. The van der Waals surface area contributed by atoms with Gasteiger partial charge in [-0.15, -0.1) is 0 Å². The maximum atomic E-state index is 12.1. The molecule has 1 saturated heterocycles. The highest BCUT2D eigenvalue weighted by molar-refractivity contribution is 5.78. The maximum absolute atomic E-state index is 12.1. The van der Waals surface area contributed by atoms with Gasteiger partial charge in [0.1, 0.15) is 0 Å². The summed E-state index contributed by atoms with van der Waals surface area (Å²) in [5.74, 6) is -0.295. The molecule has 1 aromatic heterocycles. The van der Waals surface area contributed by atoms with Crippen LogP contribution in [0.4, 0.5) is 4.79 Å². The molecule has 0 spiro atoms. The van der Waals surface area contributed by atoms with E-state index in [1.807, 2.05) is 6.92 Å². The first-order valence-corrected chi connectivity index (χ1v) is 7.09. The summed E-state index contributed by atoms with van der Waals surface area (Å²) in [6, 6.07) is -0.239. The molecular formula is C13H20N4O4. The van der Waals surface area contributed by atoms with E-state index in [1.54, 1.807) is 4.90 Å². The van der Waals surface area contributed by atoms with Crippen molar-refractivity contribution in [3.05, 3.63) is 12.2 Å². The van der Waals surface area contributed by atoms with Crippen molar-refractivity contribution in [2.24, 2.45) is 5.41 Å². The van der Waals surface area contributed by atoms with Crippen LogP contribution in [0.2, 0.25) is 0 Å². The summed E-state index contributed by atoms with van der Waals surface area (Å²) in [6.07, 6.45) is 3.57. The number of hydrogen-bond acceptors (Lipinski definition) is 5. The van der Waals surface area contributed by atoms with E-state index in [2.05, 4.69) is 20.0 Å². The van der Waals surface area contributed by atoms with Crippen molar-refractivity contribution in [2.75, 3.05) is 19.6 Å². The molecule has 0 aromatic carbocycles. The lowest BCUT2D eigenvalue weighted by Crippen LogP contribution is -2.52. The van der Waals surface area contributed by atoms with Crippen molar-refractivity contribution < 1.29 is 19.2 Å². The lowest BCUT2D eigenvalue weighted by atomic mass is 9.78. The predicted octanol–water partition coefficient (Wildman–Crippen LogP) is 0.898. The zero-order chi connectivity index (χ0) is 15.3. The molecule has 21 heavy (non-hydrogen) atoms. The number of amides is 2. The van der Waals surface area contributed by atoms with E-state index in [0.29, 0.717) is 44.6 Å². The second kappa shape index (κ2) is 6.55. The van der Waals surface area contributed by atoms with Crippen LogP contribution in [0.5, 0.6) is 0 Å². The number of carbonyl (C=O) groups excluding carboxylic acids is 1. The molecule has 0 radical (unpaired) electrons. The Balaban J connectivity index is 1.85. The Hall–Kier alpha value is -2.12. The van der Waals surface area contributed by atoms with Gasteiger partial charge in [-0.2, -0.15) is 4.98 Å². The molecule has 0 aliphatic carbocycles. The summed E-state index contributed by atoms with van der Waals surface area (Å²) in [7, 11) is 0. The largest absolute Gasteiger partial charge is 0.481 e. The van der Waals surface area contributed by atoms with Crippen molar-refractivity contribution in [2.45, 2.75) is 32.6 Å². The van der Waals surface area contributed by atoms with Crippen molar-refractivity contribution in [1.82, 2.24) is 20.4 Å². The maximum Gasteiger partial charge on any atom is 0.317 e. The summed E-state index contributed by atoms with van der Waals surface area (Å²) >= 11 is 0. The fourth-order valence-electron chi connectivity index (χ4n) is 2.62. The third-order valence-corrected chi connectivity index (χ3v) is 4.03. The van der Waals surface area contributed by atoms with Gasteiger partial charge in [-0.25, -0.2) is 4.79 Å². The molecule has 1 fully saturated rings. The summed E-state index contributed by atoms with van der Waals surface area (Å²) < 4.78 is 4.61. The molecule has 2 amide bonds. The van der Waals surface area contributed by atoms with Crippen LogP contribution >= 0.6 is 0 Å². The first-order valence-electron chi connectivity index (χ1n) is 7.09. The number of hydrogen-bond donors (Lipinski definition) is 2. The van der Waals surface area contributed by atoms with E-state index in [1.165, 1.54) is 6.39 Å². The molecule has 1 atom stereocenters. The number of likely N-dealkylation sites (tertiary alicyclic amines) is 1. The molecule has 8 nitrogen and oxygen atoms in total. The number of urea groups is 1. The van der Waals surface area contributed by atoms with Gasteiger partial charge in [0, 0.05) is 26.1 Å². The van der Waals surface area contributed by atoms with Crippen LogP contribution in [0.1, 0.15) is 32.0 Å². The Labute approximate surface area is 122 Å². The van der Waals surface area contributed by atoms with Gasteiger partial charge in [0.2, 0.25) is 6.39 Å². The lowest BCUT2D eigenvalue weighted by Gasteiger charge is -2.39. The van der Waals surface area contributed by atoms with Crippen LogP contribution in [0.3, 0.4) is 0 Å². The molecule has 1 aromatic rings. The first-order chi connectivity index (χ1) is 10.1. The number of carbonyl (C=O) groups is 2. The number of carboxylic acid groups (broad SMARTS) is 1. The predicted molar refractivity (Wildman–Crippen MR) is 72.6 cm³/mol. The van der Waals surface area contributed by atoms with Crippen molar-refractivity contribution in [3.63, 3.8) is 0 Å². The lowest BCUT2D eigenvalue weighted by molar-refractivity contribution is -0.152. The van der Waals surface area contributed by atoms with E-state index in [0.717, 1.165) is 0 Å². The van der Waals surface area contributed by atoms with Gasteiger partial charge < -0.3 is 19.8 Å². The molecule has 2 heterocycles. The highest BCUT2D eigenvalue weighted by Gasteiger charge is 2.42. The second-order valence-corrected chi connectivity index (χ2v) is 5.29. The molecule has 1 aliphatic rings. The SMILES string of the molecule is CCC1(C(=O)O)CCCN(C(=O)NCCc2ncon2)C1. The number of piperidine rings is 1. The van der Waals surface area contributed by atoms with Crippen LogP contribution in [-0.4, -0.2) is 51.8 Å². The van der Waals surface area contributed by atoms with E-state index in [9.17, 15) is 14.7 Å². The van der Waals surface area contributed by atoms with Crippen LogP contribution < -0.4 is 5.32 Å². The van der Waals surface area contributed by atoms with Crippen molar-refractivity contribution >= 4 is 12.0 Å². The minimum absolute atomic E-state index is 0.239. The van der Waals surface area contributed by atoms with Gasteiger partial charge in [0.05, 0.1) is 5.41 Å². The fourth-order valence-corrected chi connectivity index (χ4v) is 2.62. The van der Waals surface area contributed by atoms with E-state index >= 15 is 0 Å². The molecule has 8 heteroatoms. The van der Waals surface area contributed by atoms with Gasteiger partial charge >= 0.3 is 12.0 Å². The third-order valence-electron chi connectivity index (χ3n) is 4.03. The van der Waals surface area contributed by atoms with Gasteiger partial charge in [0.15, 0.2) is 5.82 Å². The van der Waals surface area contributed by atoms with Gasteiger partial charge in [-0.05, 0) is 19.3 Å². The molecule has 1 unspecified atom stereocenters. The fraction of sp³-hybridized carbons (Fsp3) is 0.692. The van der Waals surface area contributed by atoms with Crippen molar-refractivity contribution in [1.29, 1.82) is 0 Å². The zero-order valence-electron chi connectivity index (χ0n) is 12.0. The van der Waals surface area contributed by atoms with Gasteiger partial charge in [0.25, 0.3) is 0 Å². The third kappa shape index (κ3) is 3.50. The Kier molecular flexibility index (Phi) is 4.77. The molecule has 116 valence electrons. The monoisotopic (exact) mass is 296 g/mol. The molecule has 0 saturated carbocycles. The van der Waals surface area contributed by atoms with Crippen molar-refractivity contribution in [3.8, 4) is 0 Å². The minimum atomic E-state index is -0.825. The van der Waals surface area contributed by atoms with Crippen LogP contribution in [0.15, 0.2) is 10.9 Å². The van der Waals surface area contributed by atoms with Gasteiger partial charge in [-0.1, -0.05) is 12.1 Å². The number of aromatic nitrogens is 2. The zero-order valence-corrected chi connectivity index (χ0v) is 12.0.